The first-order valence-electron chi connectivity index (χ1n) is 5.15. The van der Waals surface area contributed by atoms with Crippen molar-refractivity contribution in [1.82, 2.24) is 0 Å². The van der Waals surface area contributed by atoms with Gasteiger partial charge in [0.15, 0.2) is 0 Å². The Balaban J connectivity index is 2.25. The number of halogens is 1. The van der Waals surface area contributed by atoms with Gasteiger partial charge in [0, 0.05) is 16.1 Å². The van der Waals surface area contributed by atoms with Gasteiger partial charge in [-0.3, -0.25) is 4.79 Å². The molecule has 92 valence electrons. The van der Waals surface area contributed by atoms with E-state index in [4.69, 9.17) is 0 Å². The zero-order valence-corrected chi connectivity index (χ0v) is 10.8. The average molecular weight is 308 g/mol. The van der Waals surface area contributed by atoms with Crippen molar-refractivity contribution < 1.29 is 15.0 Å². The first-order valence-corrected chi connectivity index (χ1v) is 5.94. The van der Waals surface area contributed by atoms with Gasteiger partial charge in [-0.2, -0.15) is 0 Å². The van der Waals surface area contributed by atoms with Gasteiger partial charge in [-0.15, -0.1) is 0 Å². The Kier molecular flexibility index (Phi) is 3.53. The number of nitrogens with one attached hydrogen (secondary N) is 1. The first-order chi connectivity index (χ1) is 8.56. The van der Waals surface area contributed by atoms with Crippen LogP contribution in [-0.2, 0) is 0 Å². The molecule has 0 radical (unpaired) electrons. The van der Waals surface area contributed by atoms with E-state index >= 15 is 0 Å². The van der Waals surface area contributed by atoms with E-state index in [0.29, 0.717) is 5.69 Å². The minimum atomic E-state index is -0.409. The monoisotopic (exact) mass is 307 g/mol. The Labute approximate surface area is 112 Å². The number of para-hydroxylation sites is 1. The summed E-state index contributed by atoms with van der Waals surface area (Å²) in [5, 5.41) is 21.3. The minimum absolute atomic E-state index is 0.160. The summed E-state index contributed by atoms with van der Waals surface area (Å²) in [4.78, 5) is 11.9. The van der Waals surface area contributed by atoms with Gasteiger partial charge >= 0.3 is 0 Å². The molecule has 0 bridgehead atoms. The predicted molar refractivity (Wildman–Crippen MR) is 71.9 cm³/mol. The van der Waals surface area contributed by atoms with Gasteiger partial charge in [0.1, 0.15) is 11.5 Å². The molecule has 1 amide bonds. The van der Waals surface area contributed by atoms with Crippen LogP contribution in [0.1, 0.15) is 10.4 Å². The van der Waals surface area contributed by atoms with Crippen molar-refractivity contribution in [3.8, 4) is 11.5 Å². The maximum absolute atomic E-state index is 11.9. The molecule has 2 rings (SSSR count). The van der Waals surface area contributed by atoms with Crippen LogP contribution in [0.4, 0.5) is 5.69 Å². The fourth-order valence-corrected chi connectivity index (χ4v) is 1.87. The number of aromatic hydroxyl groups is 2. The highest BCUT2D eigenvalue weighted by atomic mass is 79.9. The second kappa shape index (κ2) is 5.10. The maximum Gasteiger partial charge on any atom is 0.255 e. The molecule has 0 aromatic heterocycles. The summed E-state index contributed by atoms with van der Waals surface area (Å²) in [5.41, 5.74) is 0.800. The lowest BCUT2D eigenvalue weighted by Gasteiger charge is -2.07. The van der Waals surface area contributed by atoms with Crippen LogP contribution in [0.5, 0.6) is 11.5 Å². The molecular formula is C13H10BrNO3. The fraction of sp³-hybridized carbons (Fsp3) is 0. The summed E-state index contributed by atoms with van der Waals surface area (Å²) in [6.45, 7) is 0. The standard InChI is InChI=1S/C13H10BrNO3/c14-11-3-1-2-4-12(11)15-13(18)8-5-9(16)7-10(17)6-8/h1-7,16-17H,(H,15,18). The van der Waals surface area contributed by atoms with Crippen molar-refractivity contribution in [2.45, 2.75) is 0 Å². The number of hydrogen-bond acceptors (Lipinski definition) is 3. The topological polar surface area (TPSA) is 69.6 Å². The van der Waals surface area contributed by atoms with Gasteiger partial charge < -0.3 is 15.5 Å². The molecular weight excluding hydrogens is 298 g/mol. The normalized spacial score (nSPS) is 10.1. The van der Waals surface area contributed by atoms with Gasteiger partial charge in [0.25, 0.3) is 5.91 Å². The summed E-state index contributed by atoms with van der Waals surface area (Å²) in [5.74, 6) is -0.729. The average Bonchev–Trinajstić information content (AvgIpc) is 2.31. The third-order valence-electron chi connectivity index (χ3n) is 2.29. The number of carbonyl (C=O) groups excluding carboxylic acids is 1. The zero-order chi connectivity index (χ0) is 13.1. The number of hydrogen-bond donors (Lipinski definition) is 3. The number of phenols is 2. The molecule has 2 aromatic rings. The van der Waals surface area contributed by atoms with Crippen molar-refractivity contribution in [3.05, 3.63) is 52.5 Å². The molecule has 0 saturated heterocycles. The number of amides is 1. The predicted octanol–water partition coefficient (Wildman–Crippen LogP) is 3.11. The van der Waals surface area contributed by atoms with Gasteiger partial charge in [-0.25, -0.2) is 0 Å². The van der Waals surface area contributed by atoms with E-state index in [0.717, 1.165) is 10.5 Å². The fourth-order valence-electron chi connectivity index (χ4n) is 1.48. The van der Waals surface area contributed by atoms with Crippen LogP contribution >= 0.6 is 15.9 Å². The van der Waals surface area contributed by atoms with Gasteiger partial charge in [0.2, 0.25) is 0 Å². The van der Waals surface area contributed by atoms with Crippen LogP contribution in [-0.4, -0.2) is 16.1 Å². The molecule has 0 aliphatic carbocycles. The van der Waals surface area contributed by atoms with Crippen LogP contribution in [0.15, 0.2) is 46.9 Å². The van der Waals surface area contributed by atoms with Crippen molar-refractivity contribution in [2.24, 2.45) is 0 Å². The number of benzene rings is 2. The molecule has 0 saturated carbocycles. The molecule has 18 heavy (non-hydrogen) atoms. The summed E-state index contributed by atoms with van der Waals surface area (Å²) >= 11 is 3.31. The van der Waals surface area contributed by atoms with E-state index in [1.54, 1.807) is 18.2 Å². The van der Waals surface area contributed by atoms with E-state index in [2.05, 4.69) is 21.2 Å². The molecule has 0 aliphatic heterocycles. The molecule has 4 nitrogen and oxygen atoms in total. The van der Waals surface area contributed by atoms with Crippen LogP contribution in [0, 0.1) is 0 Å². The molecule has 0 heterocycles. The van der Waals surface area contributed by atoms with E-state index < -0.39 is 5.91 Å². The Morgan fingerprint density at radius 3 is 2.28 bits per heavy atom. The highest BCUT2D eigenvalue weighted by molar-refractivity contribution is 9.10. The number of phenolic OH excluding ortho intramolecular Hbond substituents is 2. The van der Waals surface area contributed by atoms with Crippen molar-refractivity contribution in [3.63, 3.8) is 0 Å². The van der Waals surface area contributed by atoms with Gasteiger partial charge in [0.05, 0.1) is 5.69 Å². The SMILES string of the molecule is O=C(Nc1ccccc1Br)c1cc(O)cc(O)c1. The largest absolute Gasteiger partial charge is 0.508 e. The molecule has 0 aliphatic rings. The minimum Gasteiger partial charge on any atom is -0.508 e. The maximum atomic E-state index is 11.9. The highest BCUT2D eigenvalue weighted by Crippen LogP contribution is 2.24. The molecule has 3 N–H and O–H groups in total. The lowest BCUT2D eigenvalue weighted by atomic mass is 10.2. The molecule has 2 aromatic carbocycles. The molecule has 0 fully saturated rings. The zero-order valence-electron chi connectivity index (χ0n) is 9.22. The van der Waals surface area contributed by atoms with Crippen LogP contribution in [0.3, 0.4) is 0 Å². The molecule has 0 spiro atoms. The third kappa shape index (κ3) is 2.81. The highest BCUT2D eigenvalue weighted by Gasteiger charge is 2.10. The Morgan fingerprint density at radius 1 is 1.06 bits per heavy atom. The Bertz CT molecular complexity index is 578. The number of carbonyl (C=O) groups is 1. The van der Waals surface area contributed by atoms with Crippen molar-refractivity contribution in [1.29, 1.82) is 0 Å². The van der Waals surface area contributed by atoms with E-state index in [1.165, 1.54) is 12.1 Å². The lowest BCUT2D eigenvalue weighted by Crippen LogP contribution is -2.12. The number of anilines is 1. The summed E-state index contributed by atoms with van der Waals surface area (Å²) in [7, 11) is 0. The van der Waals surface area contributed by atoms with Crippen LogP contribution in [0.25, 0.3) is 0 Å². The van der Waals surface area contributed by atoms with Gasteiger partial charge in [-0.1, -0.05) is 12.1 Å². The summed E-state index contributed by atoms with van der Waals surface area (Å²) in [6, 6.07) is 10.9. The number of rotatable bonds is 2. The van der Waals surface area contributed by atoms with E-state index in [9.17, 15) is 15.0 Å². The smallest absolute Gasteiger partial charge is 0.255 e. The lowest BCUT2D eigenvalue weighted by molar-refractivity contribution is 0.102. The molecule has 0 atom stereocenters. The summed E-state index contributed by atoms with van der Waals surface area (Å²) < 4.78 is 0.753. The molecule has 0 unspecified atom stereocenters. The third-order valence-corrected chi connectivity index (χ3v) is 2.98. The Morgan fingerprint density at radius 2 is 1.67 bits per heavy atom. The first kappa shape index (κ1) is 12.4. The van der Waals surface area contributed by atoms with Crippen LogP contribution < -0.4 is 5.32 Å². The van der Waals surface area contributed by atoms with E-state index in [-0.39, 0.29) is 17.1 Å². The Hall–Kier alpha value is -2.01. The second-order valence-electron chi connectivity index (χ2n) is 3.67. The van der Waals surface area contributed by atoms with Gasteiger partial charge in [-0.05, 0) is 40.2 Å². The summed E-state index contributed by atoms with van der Waals surface area (Å²) in [6.07, 6.45) is 0. The van der Waals surface area contributed by atoms with E-state index in [1.807, 2.05) is 6.07 Å². The van der Waals surface area contributed by atoms with Crippen molar-refractivity contribution in [2.75, 3.05) is 5.32 Å². The van der Waals surface area contributed by atoms with Crippen molar-refractivity contribution >= 4 is 27.5 Å². The molecule has 5 heteroatoms. The quantitative estimate of drug-likeness (QED) is 0.798. The van der Waals surface area contributed by atoms with Crippen LogP contribution in [0.2, 0.25) is 0 Å². The second-order valence-corrected chi connectivity index (χ2v) is 4.53.